The summed E-state index contributed by atoms with van der Waals surface area (Å²) in [5.41, 5.74) is 4.06. The second-order valence-electron chi connectivity index (χ2n) is 4.22. The predicted molar refractivity (Wildman–Crippen MR) is 78.5 cm³/mol. The monoisotopic (exact) mass is 309 g/mol. The van der Waals surface area contributed by atoms with Crippen LogP contribution in [0.4, 0.5) is 0 Å². The third kappa shape index (κ3) is 3.41. The van der Waals surface area contributed by atoms with Gasteiger partial charge in [0.25, 0.3) is 0 Å². The summed E-state index contributed by atoms with van der Waals surface area (Å²) in [5.74, 6) is 0. The second-order valence-corrected chi connectivity index (χ2v) is 6.51. The number of aryl methyl sites for hydroxylation is 1. The van der Waals surface area contributed by atoms with E-state index in [2.05, 4.69) is 70.8 Å². The van der Waals surface area contributed by atoms with Gasteiger partial charge in [0.2, 0.25) is 0 Å². The summed E-state index contributed by atoms with van der Waals surface area (Å²) in [6.45, 7) is 5.29. The third-order valence-electron chi connectivity index (χ3n) is 2.89. The average molecular weight is 310 g/mol. The number of rotatable bonds is 4. The molecule has 0 saturated heterocycles. The Kier molecular flexibility index (Phi) is 4.37. The highest BCUT2D eigenvalue weighted by Gasteiger charge is 2.07. The van der Waals surface area contributed by atoms with Gasteiger partial charge >= 0.3 is 0 Å². The quantitative estimate of drug-likeness (QED) is 0.865. The zero-order valence-corrected chi connectivity index (χ0v) is 12.4. The molecule has 2 aromatic rings. The van der Waals surface area contributed by atoms with E-state index in [0.29, 0.717) is 6.04 Å². The summed E-state index contributed by atoms with van der Waals surface area (Å²) in [4.78, 5) is 0. The van der Waals surface area contributed by atoms with Crippen molar-refractivity contribution in [3.8, 4) is 0 Å². The molecule has 3 heteroatoms. The largest absolute Gasteiger partial charge is 0.306 e. The summed E-state index contributed by atoms with van der Waals surface area (Å²) in [7, 11) is 0. The summed E-state index contributed by atoms with van der Waals surface area (Å²) >= 11 is 5.22. The van der Waals surface area contributed by atoms with Gasteiger partial charge in [0.05, 0.1) is 3.79 Å². The van der Waals surface area contributed by atoms with Crippen molar-refractivity contribution >= 4 is 27.3 Å². The minimum Gasteiger partial charge on any atom is -0.306 e. The smallest absolute Gasteiger partial charge is 0.0701 e. The van der Waals surface area contributed by atoms with Crippen LogP contribution in [0.5, 0.6) is 0 Å². The molecule has 17 heavy (non-hydrogen) atoms. The van der Waals surface area contributed by atoms with Crippen molar-refractivity contribution in [1.29, 1.82) is 0 Å². The Bertz CT molecular complexity index is 492. The fourth-order valence-corrected chi connectivity index (χ4v) is 3.10. The van der Waals surface area contributed by atoms with Crippen LogP contribution in [-0.4, -0.2) is 0 Å². The highest BCUT2D eigenvalue weighted by Crippen LogP contribution is 2.22. The van der Waals surface area contributed by atoms with E-state index in [-0.39, 0.29) is 0 Å². The molecular weight excluding hydrogens is 294 g/mol. The molecule has 0 fully saturated rings. The molecule has 0 aliphatic carbocycles. The van der Waals surface area contributed by atoms with Gasteiger partial charge in [-0.25, -0.2) is 0 Å². The van der Waals surface area contributed by atoms with Gasteiger partial charge < -0.3 is 5.32 Å². The molecule has 2 rings (SSSR count). The van der Waals surface area contributed by atoms with Crippen LogP contribution in [0, 0.1) is 6.92 Å². The van der Waals surface area contributed by atoms with E-state index < -0.39 is 0 Å². The second kappa shape index (κ2) is 5.80. The van der Waals surface area contributed by atoms with Crippen LogP contribution in [0.3, 0.4) is 0 Å². The van der Waals surface area contributed by atoms with E-state index in [4.69, 9.17) is 0 Å². The van der Waals surface area contributed by atoms with E-state index in [1.54, 1.807) is 11.3 Å². The van der Waals surface area contributed by atoms with Gasteiger partial charge in [-0.3, -0.25) is 0 Å². The Labute approximate surface area is 115 Å². The maximum absolute atomic E-state index is 3.56. The normalized spacial score (nSPS) is 12.6. The van der Waals surface area contributed by atoms with E-state index in [1.165, 1.54) is 20.5 Å². The summed E-state index contributed by atoms with van der Waals surface area (Å²) < 4.78 is 1.19. The molecule has 0 saturated carbocycles. The lowest BCUT2D eigenvalue weighted by molar-refractivity contribution is 0.573. The first-order valence-electron chi connectivity index (χ1n) is 5.68. The summed E-state index contributed by atoms with van der Waals surface area (Å²) in [5, 5.41) is 5.74. The SMILES string of the molecule is Cc1ccccc1[C@H](C)NCc1csc(Br)c1. The molecule has 1 aromatic carbocycles. The molecule has 1 heterocycles. The van der Waals surface area contributed by atoms with E-state index in [0.717, 1.165) is 6.54 Å². The van der Waals surface area contributed by atoms with Gasteiger partial charge in [-0.2, -0.15) is 0 Å². The summed E-state index contributed by atoms with van der Waals surface area (Å²) in [6.07, 6.45) is 0. The molecule has 1 nitrogen and oxygen atoms in total. The lowest BCUT2D eigenvalue weighted by Crippen LogP contribution is -2.18. The van der Waals surface area contributed by atoms with Crippen molar-refractivity contribution in [3.63, 3.8) is 0 Å². The number of thiophene rings is 1. The van der Waals surface area contributed by atoms with Gasteiger partial charge in [-0.15, -0.1) is 11.3 Å². The molecule has 90 valence electrons. The molecule has 0 radical (unpaired) electrons. The van der Waals surface area contributed by atoms with Crippen molar-refractivity contribution in [2.75, 3.05) is 0 Å². The Morgan fingerprint density at radius 1 is 1.35 bits per heavy atom. The van der Waals surface area contributed by atoms with Crippen LogP contribution in [-0.2, 0) is 6.54 Å². The molecule has 1 atom stereocenters. The maximum Gasteiger partial charge on any atom is 0.0701 e. The van der Waals surface area contributed by atoms with Crippen molar-refractivity contribution < 1.29 is 0 Å². The molecular formula is C14H16BrNS. The van der Waals surface area contributed by atoms with Crippen LogP contribution in [0.1, 0.15) is 29.7 Å². The molecule has 0 aliphatic rings. The molecule has 0 spiro atoms. The van der Waals surface area contributed by atoms with Crippen molar-refractivity contribution in [2.45, 2.75) is 26.4 Å². The number of hydrogen-bond donors (Lipinski definition) is 1. The number of nitrogens with one attached hydrogen (secondary N) is 1. The van der Waals surface area contributed by atoms with Crippen molar-refractivity contribution in [1.82, 2.24) is 5.32 Å². The van der Waals surface area contributed by atoms with E-state index >= 15 is 0 Å². The fraction of sp³-hybridized carbons (Fsp3) is 0.286. The fourth-order valence-electron chi connectivity index (χ4n) is 1.89. The van der Waals surface area contributed by atoms with Crippen LogP contribution < -0.4 is 5.32 Å². The molecule has 1 N–H and O–H groups in total. The van der Waals surface area contributed by atoms with Gasteiger partial charge in [-0.05, 0) is 57.9 Å². The first kappa shape index (κ1) is 12.8. The number of hydrogen-bond acceptors (Lipinski definition) is 2. The minimum absolute atomic E-state index is 0.384. The third-order valence-corrected chi connectivity index (χ3v) is 4.44. The maximum atomic E-state index is 3.56. The molecule has 0 unspecified atom stereocenters. The van der Waals surface area contributed by atoms with Crippen LogP contribution in [0.25, 0.3) is 0 Å². The number of halogens is 1. The topological polar surface area (TPSA) is 12.0 Å². The van der Waals surface area contributed by atoms with E-state index in [9.17, 15) is 0 Å². The van der Waals surface area contributed by atoms with Crippen molar-refractivity contribution in [2.24, 2.45) is 0 Å². The highest BCUT2D eigenvalue weighted by atomic mass is 79.9. The van der Waals surface area contributed by atoms with Gasteiger partial charge in [0.15, 0.2) is 0 Å². The predicted octanol–water partition coefficient (Wildman–Crippen LogP) is 4.67. The zero-order valence-electron chi connectivity index (χ0n) is 10.0. The Balaban J connectivity index is 1.98. The summed E-state index contributed by atoms with van der Waals surface area (Å²) in [6, 6.07) is 11.1. The van der Waals surface area contributed by atoms with Crippen molar-refractivity contribution in [3.05, 3.63) is 56.2 Å². The zero-order chi connectivity index (χ0) is 12.3. The molecule has 0 aliphatic heterocycles. The first-order chi connectivity index (χ1) is 8.16. The average Bonchev–Trinajstić information content (AvgIpc) is 2.73. The molecule has 0 bridgehead atoms. The Hall–Kier alpha value is -0.640. The standard InChI is InChI=1S/C14H16BrNS/c1-10-5-3-4-6-13(10)11(2)16-8-12-7-14(15)17-9-12/h3-7,9,11,16H,8H2,1-2H3/t11-/m0/s1. The highest BCUT2D eigenvalue weighted by molar-refractivity contribution is 9.11. The van der Waals surface area contributed by atoms with E-state index in [1.807, 2.05) is 0 Å². The molecule has 1 aromatic heterocycles. The Morgan fingerprint density at radius 3 is 2.76 bits per heavy atom. The van der Waals surface area contributed by atoms with Gasteiger partial charge in [-0.1, -0.05) is 24.3 Å². The van der Waals surface area contributed by atoms with Gasteiger partial charge in [0, 0.05) is 12.6 Å². The minimum atomic E-state index is 0.384. The Morgan fingerprint density at radius 2 is 2.12 bits per heavy atom. The van der Waals surface area contributed by atoms with Crippen LogP contribution in [0.2, 0.25) is 0 Å². The lowest BCUT2D eigenvalue weighted by Gasteiger charge is -2.16. The van der Waals surface area contributed by atoms with Crippen LogP contribution >= 0.6 is 27.3 Å². The number of benzene rings is 1. The first-order valence-corrected chi connectivity index (χ1v) is 7.36. The van der Waals surface area contributed by atoms with Gasteiger partial charge in [0.1, 0.15) is 0 Å². The molecule has 0 amide bonds. The lowest BCUT2D eigenvalue weighted by atomic mass is 10.0. The van der Waals surface area contributed by atoms with Crippen LogP contribution in [0.15, 0.2) is 39.5 Å².